The van der Waals surface area contributed by atoms with E-state index in [1.807, 2.05) is 18.2 Å². The highest BCUT2D eigenvalue weighted by Gasteiger charge is 2.38. The summed E-state index contributed by atoms with van der Waals surface area (Å²) in [7, 11) is 0. The minimum atomic E-state index is -0.802. The number of hydrogen-bond donors (Lipinski definition) is 3. The number of aliphatic carboxylic acids is 1. The van der Waals surface area contributed by atoms with Crippen LogP contribution < -0.4 is 10.1 Å². The van der Waals surface area contributed by atoms with E-state index in [1.165, 1.54) is 6.07 Å². The van der Waals surface area contributed by atoms with Crippen molar-refractivity contribution < 1.29 is 19.0 Å². The molecule has 8 nitrogen and oxygen atoms in total. The van der Waals surface area contributed by atoms with E-state index in [-0.39, 0.29) is 11.9 Å². The number of piperidine rings is 1. The molecule has 166 valence electrons. The van der Waals surface area contributed by atoms with Gasteiger partial charge in [0.25, 0.3) is 0 Å². The minimum absolute atomic E-state index is 0.0645. The van der Waals surface area contributed by atoms with E-state index in [2.05, 4.69) is 25.9 Å². The maximum atomic E-state index is 14.4. The third kappa shape index (κ3) is 4.08. The van der Waals surface area contributed by atoms with Gasteiger partial charge in [-0.2, -0.15) is 5.21 Å². The molecule has 0 radical (unpaired) electrons. The third-order valence-electron chi connectivity index (χ3n) is 6.60. The number of halogens is 1. The van der Waals surface area contributed by atoms with Gasteiger partial charge >= 0.3 is 5.97 Å². The maximum absolute atomic E-state index is 14.4. The SMILES string of the molecule is O=C(O)[C@@H]1C[C@H]2C[C@@H](Oc3cc(-c4ccccc4F)ccc3-c3nn[nH]n3)CC[C@H]2CN1. The summed E-state index contributed by atoms with van der Waals surface area (Å²) < 4.78 is 20.8. The number of fused-ring (bicyclic) bond motifs is 1. The van der Waals surface area contributed by atoms with Gasteiger partial charge in [-0.3, -0.25) is 4.79 Å². The number of rotatable bonds is 5. The van der Waals surface area contributed by atoms with Crippen molar-refractivity contribution in [1.29, 1.82) is 0 Å². The van der Waals surface area contributed by atoms with Crippen molar-refractivity contribution in [3.8, 4) is 28.3 Å². The fraction of sp³-hybridized carbons (Fsp3) is 0.391. The van der Waals surface area contributed by atoms with Crippen molar-refractivity contribution in [2.24, 2.45) is 11.8 Å². The molecule has 4 atom stereocenters. The Morgan fingerprint density at radius 1 is 1.09 bits per heavy atom. The molecule has 1 saturated heterocycles. The molecule has 2 aliphatic rings. The molecule has 0 spiro atoms. The Balaban J connectivity index is 1.42. The molecule has 2 heterocycles. The first-order chi connectivity index (χ1) is 15.6. The average Bonchev–Trinajstić information content (AvgIpc) is 3.33. The molecule has 3 aromatic rings. The van der Waals surface area contributed by atoms with E-state index >= 15 is 0 Å². The Hall–Kier alpha value is -3.33. The molecule has 9 heteroatoms. The predicted octanol–water partition coefficient (Wildman–Crippen LogP) is 3.28. The van der Waals surface area contributed by atoms with Crippen LogP contribution in [0.25, 0.3) is 22.5 Å². The van der Waals surface area contributed by atoms with Crippen molar-refractivity contribution in [3.05, 3.63) is 48.3 Å². The number of nitrogens with one attached hydrogen (secondary N) is 2. The Labute approximate surface area is 184 Å². The summed E-state index contributed by atoms with van der Waals surface area (Å²) in [4.78, 5) is 11.4. The van der Waals surface area contributed by atoms with Gasteiger partial charge < -0.3 is 15.2 Å². The highest BCUT2D eigenvalue weighted by molar-refractivity contribution is 5.74. The van der Waals surface area contributed by atoms with Gasteiger partial charge in [0, 0.05) is 5.56 Å². The molecule has 2 fully saturated rings. The van der Waals surface area contributed by atoms with Crippen molar-refractivity contribution in [3.63, 3.8) is 0 Å². The number of carboxylic acids is 1. The number of tetrazole rings is 1. The molecule has 2 aromatic carbocycles. The van der Waals surface area contributed by atoms with Gasteiger partial charge in [-0.25, -0.2) is 4.39 Å². The number of nitrogens with zero attached hydrogens (tertiary/aromatic N) is 3. The number of benzene rings is 2. The molecular weight excluding hydrogens is 413 g/mol. The first-order valence-electron chi connectivity index (χ1n) is 10.8. The molecule has 1 aliphatic carbocycles. The fourth-order valence-electron chi connectivity index (χ4n) is 4.94. The van der Waals surface area contributed by atoms with Crippen LogP contribution in [0, 0.1) is 17.7 Å². The number of H-pyrrole nitrogens is 1. The van der Waals surface area contributed by atoms with Crippen LogP contribution in [0.5, 0.6) is 5.75 Å². The molecule has 0 bridgehead atoms. The van der Waals surface area contributed by atoms with Crippen LogP contribution in [0.4, 0.5) is 4.39 Å². The number of hydrogen-bond acceptors (Lipinski definition) is 6. The first-order valence-corrected chi connectivity index (χ1v) is 10.8. The highest BCUT2D eigenvalue weighted by atomic mass is 19.1. The molecule has 1 aromatic heterocycles. The van der Waals surface area contributed by atoms with Gasteiger partial charge in [0.2, 0.25) is 5.82 Å². The van der Waals surface area contributed by atoms with Crippen LogP contribution >= 0.6 is 0 Å². The quantitative estimate of drug-likeness (QED) is 0.561. The molecule has 0 unspecified atom stereocenters. The zero-order valence-corrected chi connectivity index (χ0v) is 17.4. The van der Waals surface area contributed by atoms with Gasteiger partial charge in [-0.05, 0) is 73.0 Å². The van der Waals surface area contributed by atoms with Crippen molar-refractivity contribution in [2.45, 2.75) is 37.8 Å². The lowest BCUT2D eigenvalue weighted by molar-refractivity contribution is -0.141. The van der Waals surface area contributed by atoms with Crippen LogP contribution in [0.3, 0.4) is 0 Å². The smallest absolute Gasteiger partial charge is 0.320 e. The van der Waals surface area contributed by atoms with Gasteiger partial charge in [0.05, 0.1) is 11.7 Å². The normalized spacial score (nSPS) is 25.2. The van der Waals surface area contributed by atoms with E-state index in [0.29, 0.717) is 46.5 Å². The zero-order chi connectivity index (χ0) is 22.1. The molecule has 32 heavy (non-hydrogen) atoms. The lowest BCUT2D eigenvalue weighted by atomic mass is 9.72. The van der Waals surface area contributed by atoms with E-state index in [0.717, 1.165) is 25.8 Å². The largest absolute Gasteiger partial charge is 0.490 e. The van der Waals surface area contributed by atoms with Gasteiger partial charge in [-0.15, -0.1) is 10.2 Å². The summed E-state index contributed by atoms with van der Waals surface area (Å²) in [6, 6.07) is 11.6. The Morgan fingerprint density at radius 3 is 2.75 bits per heavy atom. The molecule has 1 saturated carbocycles. The van der Waals surface area contributed by atoms with Gasteiger partial charge in [0.1, 0.15) is 17.6 Å². The van der Waals surface area contributed by atoms with Crippen molar-refractivity contribution in [2.75, 3.05) is 6.54 Å². The summed E-state index contributed by atoms with van der Waals surface area (Å²) in [6.07, 6.45) is 3.17. The van der Waals surface area contributed by atoms with Gasteiger partial charge in [0.15, 0.2) is 0 Å². The molecular formula is C23H24FN5O3. The Kier molecular flexibility index (Phi) is 5.57. The van der Waals surface area contributed by atoms with E-state index in [9.17, 15) is 14.3 Å². The summed E-state index contributed by atoms with van der Waals surface area (Å²) in [6.45, 7) is 0.727. The monoisotopic (exact) mass is 437 g/mol. The number of carboxylic acid groups (broad SMARTS) is 1. The average molecular weight is 437 g/mol. The number of ether oxygens (including phenoxy) is 1. The summed E-state index contributed by atoms with van der Waals surface area (Å²) in [5.74, 6) is 0.622. The van der Waals surface area contributed by atoms with Crippen LogP contribution in [0.1, 0.15) is 25.7 Å². The second-order valence-corrected chi connectivity index (χ2v) is 8.53. The minimum Gasteiger partial charge on any atom is -0.490 e. The lowest BCUT2D eigenvalue weighted by Crippen LogP contribution is -2.50. The van der Waals surface area contributed by atoms with E-state index in [4.69, 9.17) is 4.74 Å². The maximum Gasteiger partial charge on any atom is 0.320 e. The molecule has 3 N–H and O–H groups in total. The van der Waals surface area contributed by atoms with Crippen LogP contribution in [0.15, 0.2) is 42.5 Å². The summed E-state index contributed by atoms with van der Waals surface area (Å²) in [5, 5.41) is 26.8. The van der Waals surface area contributed by atoms with E-state index < -0.39 is 12.0 Å². The first kappa shape index (κ1) is 20.6. The second kappa shape index (κ2) is 8.66. The fourth-order valence-corrected chi connectivity index (χ4v) is 4.94. The Morgan fingerprint density at radius 2 is 1.97 bits per heavy atom. The second-order valence-electron chi connectivity index (χ2n) is 8.53. The standard InChI is InChI=1S/C23H24FN5O3/c24-19-4-2-1-3-17(19)13-6-8-18(22-26-28-29-27-22)21(11-13)32-16-7-5-14-12-25-20(23(30)31)10-15(14)9-16/h1-4,6,8,11,14-16,20,25H,5,7,9-10,12H2,(H,30,31)(H,26,27,28,29)/t14-,15+,16-,20-/m0/s1. The van der Waals surface area contributed by atoms with Crippen LogP contribution in [-0.4, -0.2) is 50.4 Å². The van der Waals surface area contributed by atoms with Crippen LogP contribution in [0.2, 0.25) is 0 Å². The van der Waals surface area contributed by atoms with Gasteiger partial charge in [-0.1, -0.05) is 24.3 Å². The highest BCUT2D eigenvalue weighted by Crippen LogP contribution is 2.40. The predicted molar refractivity (Wildman–Crippen MR) is 114 cm³/mol. The van der Waals surface area contributed by atoms with Crippen molar-refractivity contribution in [1.82, 2.24) is 25.9 Å². The number of carbonyl (C=O) groups is 1. The number of aromatic nitrogens is 4. The summed E-state index contributed by atoms with van der Waals surface area (Å²) in [5.41, 5.74) is 1.87. The zero-order valence-electron chi connectivity index (χ0n) is 17.4. The molecule has 5 rings (SSSR count). The van der Waals surface area contributed by atoms with Crippen molar-refractivity contribution >= 4 is 5.97 Å². The third-order valence-corrected chi connectivity index (χ3v) is 6.60. The number of aromatic amines is 1. The lowest BCUT2D eigenvalue weighted by Gasteiger charge is -2.41. The van der Waals surface area contributed by atoms with Crippen LogP contribution in [-0.2, 0) is 4.79 Å². The van der Waals surface area contributed by atoms with E-state index in [1.54, 1.807) is 18.2 Å². The Bertz CT molecular complexity index is 1110. The molecule has 1 aliphatic heterocycles. The molecule has 0 amide bonds. The summed E-state index contributed by atoms with van der Waals surface area (Å²) >= 11 is 0. The topological polar surface area (TPSA) is 113 Å².